The summed E-state index contributed by atoms with van der Waals surface area (Å²) < 4.78 is 5.27. The van der Waals surface area contributed by atoms with Crippen molar-refractivity contribution >= 4 is 35.3 Å². The number of fused-ring (bicyclic) bond motifs is 1. The molecule has 2 amide bonds. The molecule has 1 saturated carbocycles. The number of thioether (sulfide) groups is 1. The van der Waals surface area contributed by atoms with Gasteiger partial charge in [-0.3, -0.25) is 9.59 Å². The molecule has 1 fully saturated rings. The van der Waals surface area contributed by atoms with Crippen LogP contribution in [0.25, 0.3) is 6.08 Å². The number of hydrogen-bond acceptors (Lipinski definition) is 4. The standard InChI is InChI=1S/C24H26N2O3S/c1-26-20-15-17(23(27)25-18-8-4-3-5-9-18)11-12-21(20)30-22(24(26)28)14-16-7-6-10-19(13-16)29-2/h6-7,10-15,18H,3-5,8-9H2,1-2H3,(H,25,27). The Hall–Kier alpha value is -2.73. The van der Waals surface area contributed by atoms with Crippen molar-refractivity contribution < 1.29 is 14.3 Å². The minimum absolute atomic E-state index is 0.0618. The summed E-state index contributed by atoms with van der Waals surface area (Å²) in [4.78, 5) is 28.9. The summed E-state index contributed by atoms with van der Waals surface area (Å²) in [6.45, 7) is 0. The average Bonchev–Trinajstić information content (AvgIpc) is 2.78. The first-order valence-electron chi connectivity index (χ1n) is 10.3. The van der Waals surface area contributed by atoms with Crippen molar-refractivity contribution in [3.8, 4) is 5.75 Å². The molecule has 6 heteroatoms. The van der Waals surface area contributed by atoms with E-state index in [1.807, 2.05) is 48.5 Å². The number of methoxy groups -OCH3 is 1. The van der Waals surface area contributed by atoms with Gasteiger partial charge in [0.2, 0.25) is 0 Å². The van der Waals surface area contributed by atoms with E-state index in [1.165, 1.54) is 31.0 Å². The first-order chi connectivity index (χ1) is 14.5. The van der Waals surface area contributed by atoms with E-state index in [4.69, 9.17) is 4.74 Å². The van der Waals surface area contributed by atoms with E-state index in [-0.39, 0.29) is 17.9 Å². The molecule has 0 unspecified atom stereocenters. The van der Waals surface area contributed by atoms with Gasteiger partial charge in [-0.05, 0) is 54.8 Å². The average molecular weight is 423 g/mol. The highest BCUT2D eigenvalue weighted by Crippen LogP contribution is 2.42. The number of nitrogens with one attached hydrogen (secondary N) is 1. The molecule has 0 radical (unpaired) electrons. The summed E-state index contributed by atoms with van der Waals surface area (Å²) in [6, 6.07) is 13.5. The van der Waals surface area contributed by atoms with E-state index >= 15 is 0 Å². The van der Waals surface area contributed by atoms with Crippen molar-refractivity contribution in [2.75, 3.05) is 19.1 Å². The zero-order valence-electron chi connectivity index (χ0n) is 17.3. The second kappa shape index (κ2) is 8.96. The summed E-state index contributed by atoms with van der Waals surface area (Å²) in [6.07, 6.45) is 7.56. The molecule has 2 aromatic rings. The quantitative estimate of drug-likeness (QED) is 0.715. The lowest BCUT2D eigenvalue weighted by atomic mass is 9.95. The van der Waals surface area contributed by atoms with Gasteiger partial charge in [-0.25, -0.2) is 0 Å². The van der Waals surface area contributed by atoms with Crippen LogP contribution in [0.3, 0.4) is 0 Å². The molecular weight excluding hydrogens is 396 g/mol. The predicted octanol–water partition coefficient (Wildman–Crippen LogP) is 4.87. The smallest absolute Gasteiger partial charge is 0.264 e. The minimum Gasteiger partial charge on any atom is -0.497 e. The lowest BCUT2D eigenvalue weighted by Crippen LogP contribution is -2.36. The Balaban J connectivity index is 1.55. The Morgan fingerprint density at radius 3 is 2.73 bits per heavy atom. The highest BCUT2D eigenvalue weighted by molar-refractivity contribution is 8.04. The molecule has 0 aromatic heterocycles. The molecule has 4 rings (SSSR count). The SMILES string of the molecule is COc1cccc(C=C2Sc3ccc(C(=O)NC4CCCCC4)cc3N(C)C2=O)c1. The summed E-state index contributed by atoms with van der Waals surface area (Å²) >= 11 is 1.43. The van der Waals surface area contributed by atoms with Crippen molar-refractivity contribution in [3.63, 3.8) is 0 Å². The Bertz CT molecular complexity index is 996. The van der Waals surface area contributed by atoms with Crippen LogP contribution in [0.2, 0.25) is 0 Å². The van der Waals surface area contributed by atoms with Crippen LogP contribution in [-0.4, -0.2) is 32.0 Å². The molecule has 0 spiro atoms. The van der Waals surface area contributed by atoms with Gasteiger partial charge in [-0.2, -0.15) is 0 Å². The number of anilines is 1. The molecule has 2 aliphatic rings. The summed E-state index contributed by atoms with van der Waals surface area (Å²) in [5.74, 6) is 0.605. The van der Waals surface area contributed by atoms with Crippen LogP contribution in [0.4, 0.5) is 5.69 Å². The molecule has 30 heavy (non-hydrogen) atoms. The van der Waals surface area contributed by atoms with Gasteiger partial charge in [0.25, 0.3) is 11.8 Å². The Labute approximate surface area is 181 Å². The molecule has 2 aromatic carbocycles. The molecular formula is C24H26N2O3S. The van der Waals surface area contributed by atoms with Crippen molar-refractivity contribution in [1.29, 1.82) is 0 Å². The van der Waals surface area contributed by atoms with Gasteiger partial charge >= 0.3 is 0 Å². The minimum atomic E-state index is -0.0832. The van der Waals surface area contributed by atoms with Crippen LogP contribution in [0, 0.1) is 0 Å². The van der Waals surface area contributed by atoms with E-state index < -0.39 is 0 Å². The van der Waals surface area contributed by atoms with E-state index in [9.17, 15) is 9.59 Å². The van der Waals surface area contributed by atoms with Gasteiger partial charge in [-0.1, -0.05) is 43.2 Å². The molecule has 1 heterocycles. The lowest BCUT2D eigenvalue weighted by molar-refractivity contribution is -0.114. The van der Waals surface area contributed by atoms with Crippen LogP contribution in [0.1, 0.15) is 48.0 Å². The van der Waals surface area contributed by atoms with Crippen molar-refractivity contribution in [3.05, 3.63) is 58.5 Å². The van der Waals surface area contributed by atoms with Gasteiger partial charge in [0.15, 0.2) is 0 Å². The van der Waals surface area contributed by atoms with E-state index in [2.05, 4.69) is 5.32 Å². The van der Waals surface area contributed by atoms with Crippen LogP contribution in [-0.2, 0) is 4.79 Å². The number of rotatable bonds is 4. The number of likely N-dealkylation sites (N-methyl/N-ethyl adjacent to an activating group) is 1. The van der Waals surface area contributed by atoms with Crippen LogP contribution in [0.15, 0.2) is 52.3 Å². The topological polar surface area (TPSA) is 58.6 Å². The van der Waals surface area contributed by atoms with Gasteiger partial charge in [0.05, 0.1) is 17.7 Å². The number of carbonyl (C=O) groups is 2. The lowest BCUT2D eigenvalue weighted by Gasteiger charge is -2.28. The summed E-state index contributed by atoms with van der Waals surface area (Å²) in [5.41, 5.74) is 2.27. The molecule has 0 saturated heterocycles. The maximum atomic E-state index is 12.9. The fourth-order valence-corrected chi connectivity index (χ4v) is 5.03. The largest absolute Gasteiger partial charge is 0.497 e. The number of amides is 2. The van der Waals surface area contributed by atoms with Crippen molar-refractivity contribution in [1.82, 2.24) is 5.32 Å². The maximum Gasteiger partial charge on any atom is 0.264 e. The van der Waals surface area contributed by atoms with Crippen molar-refractivity contribution in [2.24, 2.45) is 0 Å². The van der Waals surface area contributed by atoms with Crippen LogP contribution < -0.4 is 15.0 Å². The van der Waals surface area contributed by atoms with Crippen LogP contribution >= 0.6 is 11.8 Å². The molecule has 1 aliphatic carbocycles. The molecule has 0 atom stereocenters. The number of carbonyl (C=O) groups excluding carboxylic acids is 2. The number of nitrogens with zero attached hydrogens (tertiary/aromatic N) is 1. The summed E-state index contributed by atoms with van der Waals surface area (Å²) in [5, 5.41) is 3.15. The third-order valence-corrected chi connectivity index (χ3v) is 6.73. The van der Waals surface area contributed by atoms with Gasteiger partial charge in [0, 0.05) is 23.5 Å². The molecule has 5 nitrogen and oxygen atoms in total. The third-order valence-electron chi connectivity index (χ3n) is 5.65. The predicted molar refractivity (Wildman–Crippen MR) is 121 cm³/mol. The molecule has 156 valence electrons. The number of ether oxygens (including phenoxy) is 1. The Morgan fingerprint density at radius 2 is 1.97 bits per heavy atom. The van der Waals surface area contributed by atoms with Crippen molar-refractivity contribution in [2.45, 2.75) is 43.0 Å². The molecule has 1 N–H and O–H groups in total. The second-order valence-electron chi connectivity index (χ2n) is 7.74. The van der Waals surface area contributed by atoms with Gasteiger partial charge in [-0.15, -0.1) is 0 Å². The zero-order valence-corrected chi connectivity index (χ0v) is 18.1. The van der Waals surface area contributed by atoms with Gasteiger partial charge < -0.3 is 15.0 Å². The van der Waals surface area contributed by atoms with E-state index in [0.717, 1.165) is 34.7 Å². The Morgan fingerprint density at radius 1 is 1.17 bits per heavy atom. The molecule has 1 aliphatic heterocycles. The molecule has 0 bridgehead atoms. The monoisotopic (exact) mass is 422 g/mol. The summed E-state index contributed by atoms with van der Waals surface area (Å²) in [7, 11) is 3.38. The highest BCUT2D eigenvalue weighted by atomic mass is 32.2. The fourth-order valence-electron chi connectivity index (χ4n) is 3.93. The van der Waals surface area contributed by atoms with E-state index in [1.54, 1.807) is 19.1 Å². The van der Waals surface area contributed by atoms with E-state index in [0.29, 0.717) is 10.5 Å². The van der Waals surface area contributed by atoms with Crippen LogP contribution in [0.5, 0.6) is 5.75 Å². The second-order valence-corrected chi connectivity index (χ2v) is 8.83. The highest BCUT2D eigenvalue weighted by Gasteiger charge is 2.27. The first kappa shape index (κ1) is 20.5. The first-order valence-corrected chi connectivity index (χ1v) is 11.1. The number of hydrogen-bond donors (Lipinski definition) is 1. The Kier molecular flexibility index (Phi) is 6.13. The number of benzene rings is 2. The normalized spacial score (nSPS) is 18.3. The fraction of sp³-hybridized carbons (Fsp3) is 0.333. The zero-order chi connectivity index (χ0) is 21.1. The van der Waals surface area contributed by atoms with Gasteiger partial charge in [0.1, 0.15) is 5.75 Å². The maximum absolute atomic E-state index is 12.9. The third kappa shape index (κ3) is 4.38.